The molecule has 0 atom stereocenters. The number of ether oxygens (including phenoxy) is 1. The van der Waals surface area contributed by atoms with Gasteiger partial charge in [0.2, 0.25) is 0 Å². The summed E-state index contributed by atoms with van der Waals surface area (Å²) in [6.45, 7) is 2.16. The number of pyridine rings is 1. The van der Waals surface area contributed by atoms with Gasteiger partial charge in [-0.3, -0.25) is 19.9 Å². The van der Waals surface area contributed by atoms with Crippen molar-refractivity contribution in [2.75, 3.05) is 11.5 Å². The van der Waals surface area contributed by atoms with Gasteiger partial charge in [-0.1, -0.05) is 11.6 Å². The number of nitro benzene ring substituents is 1. The molecule has 3 rings (SSSR count). The molecule has 0 N–H and O–H groups in total. The topological polar surface area (TPSA) is 103 Å². The van der Waals surface area contributed by atoms with E-state index in [0.717, 1.165) is 11.6 Å². The average Bonchev–Trinajstić information content (AvgIpc) is 2.78. The molecule has 3 aromatic rings. The third-order valence-electron chi connectivity index (χ3n) is 4.42. The van der Waals surface area contributed by atoms with Crippen LogP contribution in [0.25, 0.3) is 0 Å². The number of rotatable bonds is 7. The predicted octanol–water partition coefficient (Wildman–Crippen LogP) is 4.67. The first kappa shape index (κ1) is 21.9. The summed E-state index contributed by atoms with van der Waals surface area (Å²) in [6.07, 6.45) is 3.21. The van der Waals surface area contributed by atoms with Crippen LogP contribution in [-0.4, -0.2) is 28.4 Å². The van der Waals surface area contributed by atoms with Crippen molar-refractivity contribution in [1.29, 1.82) is 0 Å². The molecule has 0 aliphatic rings. The lowest BCUT2D eigenvalue weighted by atomic mass is 10.1. The fraction of sp³-hybridized carbons (Fsp3) is 0.136. The van der Waals surface area contributed by atoms with Gasteiger partial charge in [0.05, 0.1) is 23.6 Å². The van der Waals surface area contributed by atoms with Gasteiger partial charge < -0.3 is 9.64 Å². The summed E-state index contributed by atoms with van der Waals surface area (Å²) in [6, 6.07) is 13.8. The molecule has 1 aromatic heterocycles. The van der Waals surface area contributed by atoms with Crippen LogP contribution >= 0.6 is 11.6 Å². The number of hydrogen-bond donors (Lipinski definition) is 0. The number of hydrogen-bond acceptors (Lipinski definition) is 6. The molecule has 1 amide bonds. The standard InChI is InChI=1S/C22H18ClN3O5/c1-2-31-22(28)16-3-6-18(7-4-16)25(14-15-9-11-24-12-10-15)21(27)17-5-8-19(23)20(13-17)26(29)30/h3-13H,2,14H2,1H3. The number of benzene rings is 2. The van der Waals surface area contributed by atoms with Crippen molar-refractivity contribution < 1.29 is 19.2 Å². The molecule has 0 aliphatic heterocycles. The van der Waals surface area contributed by atoms with E-state index >= 15 is 0 Å². The smallest absolute Gasteiger partial charge is 0.338 e. The van der Waals surface area contributed by atoms with Crippen LogP contribution in [0.4, 0.5) is 11.4 Å². The molecule has 2 aromatic carbocycles. The van der Waals surface area contributed by atoms with E-state index in [1.165, 1.54) is 17.0 Å². The summed E-state index contributed by atoms with van der Waals surface area (Å²) in [4.78, 5) is 41.2. The molecular formula is C22H18ClN3O5. The fourth-order valence-electron chi connectivity index (χ4n) is 2.88. The van der Waals surface area contributed by atoms with E-state index in [4.69, 9.17) is 16.3 Å². The second-order valence-electron chi connectivity index (χ2n) is 6.44. The van der Waals surface area contributed by atoms with Gasteiger partial charge in [-0.2, -0.15) is 0 Å². The van der Waals surface area contributed by atoms with Gasteiger partial charge in [-0.05, 0) is 61.0 Å². The summed E-state index contributed by atoms with van der Waals surface area (Å²) >= 11 is 5.88. The highest BCUT2D eigenvalue weighted by Crippen LogP contribution is 2.27. The van der Waals surface area contributed by atoms with Gasteiger partial charge in [0.15, 0.2) is 0 Å². The van der Waals surface area contributed by atoms with Gasteiger partial charge in [0.25, 0.3) is 11.6 Å². The summed E-state index contributed by atoms with van der Waals surface area (Å²) in [5.74, 6) is -0.921. The minimum atomic E-state index is -0.638. The Morgan fingerprint density at radius 3 is 2.32 bits per heavy atom. The highest BCUT2D eigenvalue weighted by Gasteiger charge is 2.22. The molecule has 0 saturated heterocycles. The monoisotopic (exact) mass is 439 g/mol. The number of nitrogens with zero attached hydrogens (tertiary/aromatic N) is 3. The van der Waals surface area contributed by atoms with Crippen LogP contribution in [0, 0.1) is 10.1 Å². The number of carbonyl (C=O) groups excluding carboxylic acids is 2. The van der Waals surface area contributed by atoms with Crippen LogP contribution in [0.5, 0.6) is 0 Å². The van der Waals surface area contributed by atoms with Gasteiger partial charge in [-0.25, -0.2) is 4.79 Å². The molecule has 0 unspecified atom stereocenters. The van der Waals surface area contributed by atoms with Crippen LogP contribution in [0.3, 0.4) is 0 Å². The summed E-state index contributed by atoms with van der Waals surface area (Å²) in [5, 5.41) is 11.2. The molecule has 1 heterocycles. The van der Waals surface area contributed by atoms with E-state index in [1.807, 2.05) is 0 Å². The molecule has 0 spiro atoms. The Balaban J connectivity index is 1.99. The zero-order valence-corrected chi connectivity index (χ0v) is 17.3. The van der Waals surface area contributed by atoms with Crippen molar-refractivity contribution in [1.82, 2.24) is 4.98 Å². The van der Waals surface area contributed by atoms with Crippen LogP contribution in [0.1, 0.15) is 33.2 Å². The van der Waals surface area contributed by atoms with Crippen molar-refractivity contribution in [2.24, 2.45) is 0 Å². The Morgan fingerprint density at radius 1 is 1.06 bits per heavy atom. The Labute approximate surface area is 183 Å². The number of halogens is 1. The van der Waals surface area contributed by atoms with E-state index in [0.29, 0.717) is 11.3 Å². The van der Waals surface area contributed by atoms with Gasteiger partial charge in [0, 0.05) is 29.7 Å². The third-order valence-corrected chi connectivity index (χ3v) is 4.73. The van der Waals surface area contributed by atoms with E-state index in [1.54, 1.807) is 55.7 Å². The Kier molecular flexibility index (Phi) is 6.94. The zero-order valence-electron chi connectivity index (χ0n) is 16.5. The Morgan fingerprint density at radius 2 is 1.71 bits per heavy atom. The van der Waals surface area contributed by atoms with E-state index in [2.05, 4.69) is 4.98 Å². The quantitative estimate of drug-likeness (QED) is 0.301. The lowest BCUT2D eigenvalue weighted by molar-refractivity contribution is -0.384. The van der Waals surface area contributed by atoms with Crippen molar-refractivity contribution >= 4 is 34.9 Å². The van der Waals surface area contributed by atoms with Gasteiger partial charge in [0.1, 0.15) is 5.02 Å². The first-order valence-electron chi connectivity index (χ1n) is 9.32. The van der Waals surface area contributed by atoms with E-state index in [-0.39, 0.29) is 29.4 Å². The lowest BCUT2D eigenvalue weighted by Crippen LogP contribution is -2.30. The maximum absolute atomic E-state index is 13.3. The molecule has 31 heavy (non-hydrogen) atoms. The SMILES string of the molecule is CCOC(=O)c1ccc(N(Cc2ccncc2)C(=O)c2ccc(Cl)c([N+](=O)[O-])c2)cc1. The normalized spacial score (nSPS) is 10.4. The number of nitro groups is 1. The number of amides is 1. The second kappa shape index (κ2) is 9.82. The molecule has 8 nitrogen and oxygen atoms in total. The summed E-state index contributed by atoms with van der Waals surface area (Å²) < 4.78 is 4.98. The van der Waals surface area contributed by atoms with Gasteiger partial charge in [-0.15, -0.1) is 0 Å². The molecule has 0 saturated carbocycles. The maximum Gasteiger partial charge on any atom is 0.338 e. The highest BCUT2D eigenvalue weighted by atomic mass is 35.5. The second-order valence-corrected chi connectivity index (χ2v) is 6.84. The molecule has 0 fully saturated rings. The predicted molar refractivity (Wildman–Crippen MR) is 115 cm³/mol. The highest BCUT2D eigenvalue weighted by molar-refractivity contribution is 6.32. The first-order valence-corrected chi connectivity index (χ1v) is 9.70. The molecule has 158 valence electrons. The zero-order chi connectivity index (χ0) is 22.4. The molecule has 0 bridgehead atoms. The molecule has 0 aliphatic carbocycles. The molecule has 0 radical (unpaired) electrons. The number of esters is 1. The minimum Gasteiger partial charge on any atom is -0.462 e. The fourth-order valence-corrected chi connectivity index (χ4v) is 3.07. The summed E-state index contributed by atoms with van der Waals surface area (Å²) in [5.41, 5.74) is 1.42. The summed E-state index contributed by atoms with van der Waals surface area (Å²) in [7, 11) is 0. The van der Waals surface area contributed by atoms with Crippen molar-refractivity contribution in [3.63, 3.8) is 0 Å². The largest absolute Gasteiger partial charge is 0.462 e. The number of anilines is 1. The number of aromatic nitrogens is 1. The first-order chi connectivity index (χ1) is 14.9. The third kappa shape index (κ3) is 5.23. The van der Waals surface area contributed by atoms with Crippen LogP contribution < -0.4 is 4.90 Å². The van der Waals surface area contributed by atoms with Crippen molar-refractivity contribution in [3.05, 3.63) is 98.8 Å². The van der Waals surface area contributed by atoms with Crippen LogP contribution in [0.2, 0.25) is 5.02 Å². The average molecular weight is 440 g/mol. The van der Waals surface area contributed by atoms with Crippen molar-refractivity contribution in [3.8, 4) is 0 Å². The van der Waals surface area contributed by atoms with E-state index < -0.39 is 16.8 Å². The van der Waals surface area contributed by atoms with Crippen LogP contribution in [-0.2, 0) is 11.3 Å². The lowest BCUT2D eigenvalue weighted by Gasteiger charge is -2.23. The Bertz CT molecular complexity index is 1100. The molecular weight excluding hydrogens is 422 g/mol. The molecule has 9 heteroatoms. The number of carbonyl (C=O) groups is 2. The van der Waals surface area contributed by atoms with Crippen molar-refractivity contribution in [2.45, 2.75) is 13.5 Å². The van der Waals surface area contributed by atoms with Gasteiger partial charge >= 0.3 is 5.97 Å². The minimum absolute atomic E-state index is 0.0546. The van der Waals surface area contributed by atoms with Crippen LogP contribution in [0.15, 0.2) is 67.0 Å². The van der Waals surface area contributed by atoms with E-state index in [9.17, 15) is 19.7 Å². The Hall–Kier alpha value is -3.78. The maximum atomic E-state index is 13.3.